The third-order valence-electron chi connectivity index (χ3n) is 4.73. The van der Waals surface area contributed by atoms with E-state index in [2.05, 4.69) is 13.5 Å². The molecule has 1 fully saturated rings. The van der Waals surface area contributed by atoms with Gasteiger partial charge in [0.25, 0.3) is 0 Å². The van der Waals surface area contributed by atoms with Gasteiger partial charge >= 0.3 is 6.09 Å². The lowest BCUT2D eigenvalue weighted by molar-refractivity contribution is 0.0878. The van der Waals surface area contributed by atoms with Crippen LogP contribution in [0.5, 0.6) is 0 Å². The molecule has 0 aromatic heterocycles. The van der Waals surface area contributed by atoms with E-state index < -0.39 is 6.10 Å². The summed E-state index contributed by atoms with van der Waals surface area (Å²) in [6.45, 7) is 6.58. The van der Waals surface area contributed by atoms with Crippen molar-refractivity contribution in [3.05, 3.63) is 48.6 Å². The summed E-state index contributed by atoms with van der Waals surface area (Å²) in [5.74, 6) is 0. The van der Waals surface area contributed by atoms with Gasteiger partial charge in [0.1, 0.15) is 18.2 Å². The molecular formula is C21H29NO3S2. The SMILES string of the molecule is C=C[C@H](OC(=S)SC)[C@H]1[C@H](CCCCCC)OC(=O)N1Cc1ccccc1. The molecule has 4 nitrogen and oxygen atoms in total. The largest absolute Gasteiger partial charge is 0.469 e. The van der Waals surface area contributed by atoms with Crippen molar-refractivity contribution in [3.8, 4) is 0 Å². The van der Waals surface area contributed by atoms with Crippen LogP contribution < -0.4 is 0 Å². The molecule has 1 aromatic rings. The zero-order chi connectivity index (χ0) is 19.6. The molecular weight excluding hydrogens is 378 g/mol. The summed E-state index contributed by atoms with van der Waals surface area (Å²) in [6.07, 6.45) is 8.05. The topological polar surface area (TPSA) is 38.8 Å². The summed E-state index contributed by atoms with van der Waals surface area (Å²) >= 11 is 6.62. The van der Waals surface area contributed by atoms with Gasteiger partial charge in [0.15, 0.2) is 0 Å². The van der Waals surface area contributed by atoms with E-state index in [0.717, 1.165) is 24.8 Å². The van der Waals surface area contributed by atoms with Crippen molar-refractivity contribution in [2.45, 2.75) is 63.8 Å². The highest BCUT2D eigenvalue weighted by Gasteiger charge is 2.46. The van der Waals surface area contributed by atoms with E-state index in [1.807, 2.05) is 36.6 Å². The molecule has 1 aliphatic heterocycles. The van der Waals surface area contributed by atoms with Gasteiger partial charge in [-0.3, -0.25) is 4.90 Å². The fourth-order valence-corrected chi connectivity index (χ4v) is 3.67. The van der Waals surface area contributed by atoms with E-state index in [0.29, 0.717) is 10.9 Å². The molecule has 0 spiro atoms. The van der Waals surface area contributed by atoms with Crippen LogP contribution in [0.4, 0.5) is 4.79 Å². The number of hydrogen-bond acceptors (Lipinski definition) is 5. The van der Waals surface area contributed by atoms with Crippen LogP contribution in [-0.4, -0.2) is 39.9 Å². The van der Waals surface area contributed by atoms with Gasteiger partial charge in [0.2, 0.25) is 4.38 Å². The van der Waals surface area contributed by atoms with Gasteiger partial charge in [-0.15, -0.1) is 0 Å². The number of benzene rings is 1. The second kappa shape index (κ2) is 11.3. The lowest BCUT2D eigenvalue weighted by atomic mass is 9.98. The lowest BCUT2D eigenvalue weighted by Gasteiger charge is -2.30. The van der Waals surface area contributed by atoms with E-state index in [9.17, 15) is 4.79 Å². The third-order valence-corrected chi connectivity index (χ3v) is 5.76. The van der Waals surface area contributed by atoms with Crippen LogP contribution >= 0.6 is 24.0 Å². The van der Waals surface area contributed by atoms with E-state index in [-0.39, 0.29) is 18.2 Å². The van der Waals surface area contributed by atoms with E-state index in [4.69, 9.17) is 21.7 Å². The van der Waals surface area contributed by atoms with Crippen LogP contribution in [0.3, 0.4) is 0 Å². The molecule has 0 aliphatic carbocycles. The fraction of sp³-hybridized carbons (Fsp3) is 0.524. The van der Waals surface area contributed by atoms with E-state index in [1.165, 1.54) is 24.6 Å². The highest BCUT2D eigenvalue weighted by atomic mass is 32.2. The van der Waals surface area contributed by atoms with E-state index >= 15 is 0 Å². The van der Waals surface area contributed by atoms with Crippen LogP contribution in [0.2, 0.25) is 0 Å². The Balaban J connectivity index is 2.18. The highest BCUT2D eigenvalue weighted by molar-refractivity contribution is 8.22. The normalized spacial score (nSPS) is 20.2. The molecule has 27 heavy (non-hydrogen) atoms. The van der Waals surface area contributed by atoms with Gasteiger partial charge in [-0.2, -0.15) is 0 Å². The van der Waals surface area contributed by atoms with Crippen LogP contribution in [0, 0.1) is 0 Å². The van der Waals surface area contributed by atoms with Crippen molar-refractivity contribution in [1.82, 2.24) is 4.90 Å². The molecule has 3 atom stereocenters. The first-order chi connectivity index (χ1) is 13.1. The molecule has 148 valence electrons. The van der Waals surface area contributed by atoms with Crippen molar-refractivity contribution in [2.24, 2.45) is 0 Å². The van der Waals surface area contributed by atoms with Crippen LogP contribution in [-0.2, 0) is 16.0 Å². The maximum atomic E-state index is 12.6. The van der Waals surface area contributed by atoms with E-state index in [1.54, 1.807) is 11.0 Å². The fourth-order valence-electron chi connectivity index (χ4n) is 3.35. The number of hydrogen-bond donors (Lipinski definition) is 0. The van der Waals surface area contributed by atoms with Crippen molar-refractivity contribution >= 4 is 34.5 Å². The summed E-state index contributed by atoms with van der Waals surface area (Å²) in [6, 6.07) is 9.69. The van der Waals surface area contributed by atoms with Gasteiger partial charge in [-0.1, -0.05) is 74.9 Å². The molecule has 2 rings (SSSR count). The Morgan fingerprint density at radius 3 is 2.74 bits per heavy atom. The van der Waals surface area contributed by atoms with Crippen LogP contribution in [0.1, 0.15) is 44.6 Å². The quantitative estimate of drug-likeness (QED) is 0.288. The number of rotatable bonds is 10. The summed E-state index contributed by atoms with van der Waals surface area (Å²) in [5.41, 5.74) is 1.06. The monoisotopic (exact) mass is 407 g/mol. The first-order valence-corrected chi connectivity index (χ1v) is 11.1. The number of nitrogens with zero attached hydrogens (tertiary/aromatic N) is 1. The number of ether oxygens (including phenoxy) is 2. The third kappa shape index (κ3) is 6.25. The molecule has 1 amide bonds. The molecule has 1 heterocycles. The number of carbonyl (C=O) groups is 1. The van der Waals surface area contributed by atoms with Crippen LogP contribution in [0.25, 0.3) is 0 Å². The Morgan fingerprint density at radius 1 is 1.37 bits per heavy atom. The van der Waals surface area contributed by atoms with Crippen LogP contribution in [0.15, 0.2) is 43.0 Å². The average molecular weight is 408 g/mol. The summed E-state index contributed by atoms with van der Waals surface area (Å²) < 4.78 is 12.1. The lowest BCUT2D eigenvalue weighted by Crippen LogP contribution is -2.46. The Kier molecular flexibility index (Phi) is 9.15. The van der Waals surface area contributed by atoms with Gasteiger partial charge in [0, 0.05) is 6.54 Å². The van der Waals surface area contributed by atoms with Crippen molar-refractivity contribution < 1.29 is 14.3 Å². The standard InChI is InChI=1S/C21H29NO3S2/c1-4-6-7-11-14-18-19(17(5-2)25-21(26)27-3)22(20(23)24-18)15-16-12-9-8-10-13-16/h5,8-10,12-13,17-19H,2,4,6-7,11,14-15H2,1,3H3/t17-,18-,19-/m0/s1. The summed E-state index contributed by atoms with van der Waals surface area (Å²) in [5, 5.41) is 0. The molecule has 1 aliphatic rings. The number of thiocarbonyl (C=S) groups is 1. The maximum absolute atomic E-state index is 12.6. The number of thioether (sulfide) groups is 1. The number of unbranched alkanes of at least 4 members (excludes halogenated alkanes) is 3. The zero-order valence-corrected chi connectivity index (χ0v) is 17.8. The minimum absolute atomic E-state index is 0.217. The van der Waals surface area contributed by atoms with Crippen molar-refractivity contribution in [1.29, 1.82) is 0 Å². The second-order valence-electron chi connectivity index (χ2n) is 6.65. The highest BCUT2D eigenvalue weighted by Crippen LogP contribution is 2.30. The number of carbonyl (C=O) groups excluding carboxylic acids is 1. The van der Waals surface area contributed by atoms with Gasteiger partial charge < -0.3 is 9.47 Å². The minimum atomic E-state index is -0.392. The smallest absolute Gasteiger partial charge is 0.410 e. The summed E-state index contributed by atoms with van der Waals surface area (Å²) in [7, 11) is 0. The molecule has 0 bridgehead atoms. The molecule has 6 heteroatoms. The molecule has 0 saturated carbocycles. The molecule has 1 saturated heterocycles. The Bertz CT molecular complexity index is 623. The summed E-state index contributed by atoms with van der Waals surface area (Å²) in [4.78, 5) is 14.4. The first kappa shape index (κ1) is 21.8. The molecule has 0 radical (unpaired) electrons. The molecule has 1 aromatic carbocycles. The number of cyclic esters (lactones) is 1. The van der Waals surface area contributed by atoms with Gasteiger partial charge in [-0.05, 0) is 43.0 Å². The zero-order valence-electron chi connectivity index (χ0n) is 16.1. The van der Waals surface area contributed by atoms with Crippen molar-refractivity contribution in [3.63, 3.8) is 0 Å². The predicted octanol–water partition coefficient (Wildman–Crippen LogP) is 5.57. The second-order valence-corrected chi connectivity index (χ2v) is 8.06. The molecule has 0 unspecified atom stereocenters. The Labute approximate surface area is 172 Å². The minimum Gasteiger partial charge on any atom is -0.469 e. The Morgan fingerprint density at radius 2 is 2.11 bits per heavy atom. The Hall–Kier alpha value is -1.53. The van der Waals surface area contributed by atoms with Gasteiger partial charge in [0.05, 0.1) is 0 Å². The maximum Gasteiger partial charge on any atom is 0.410 e. The van der Waals surface area contributed by atoms with Crippen molar-refractivity contribution in [2.75, 3.05) is 6.26 Å². The molecule has 0 N–H and O–H groups in total. The van der Waals surface area contributed by atoms with Gasteiger partial charge in [-0.25, -0.2) is 4.79 Å². The average Bonchev–Trinajstić information content (AvgIpc) is 2.99. The first-order valence-electron chi connectivity index (χ1n) is 9.49. The predicted molar refractivity (Wildman–Crippen MR) is 116 cm³/mol. The number of amides is 1.